The molecule has 1 saturated heterocycles. The summed E-state index contributed by atoms with van der Waals surface area (Å²) in [7, 11) is 0. The van der Waals surface area contributed by atoms with Crippen molar-refractivity contribution in [1.29, 1.82) is 0 Å². The van der Waals surface area contributed by atoms with Crippen molar-refractivity contribution in [3.63, 3.8) is 0 Å². The predicted octanol–water partition coefficient (Wildman–Crippen LogP) is 0.868. The summed E-state index contributed by atoms with van der Waals surface area (Å²) in [6, 6.07) is 1.82. The molecule has 4 heterocycles. The first-order valence-corrected chi connectivity index (χ1v) is 11.2. The molecule has 1 aliphatic carbocycles. The van der Waals surface area contributed by atoms with Crippen LogP contribution in [0.1, 0.15) is 48.6 Å². The van der Waals surface area contributed by atoms with Gasteiger partial charge in [0.1, 0.15) is 11.6 Å². The van der Waals surface area contributed by atoms with E-state index in [9.17, 15) is 4.79 Å². The second-order valence-corrected chi connectivity index (χ2v) is 8.64. The molecule has 1 fully saturated rings. The van der Waals surface area contributed by atoms with Gasteiger partial charge in [-0.05, 0) is 44.1 Å². The van der Waals surface area contributed by atoms with Crippen molar-refractivity contribution < 1.29 is 0 Å². The molecule has 2 aliphatic heterocycles. The van der Waals surface area contributed by atoms with Crippen LogP contribution < -0.4 is 5.56 Å². The molecule has 0 amide bonds. The number of aromatic nitrogens is 5. The van der Waals surface area contributed by atoms with E-state index in [0.717, 1.165) is 82.4 Å². The SMILES string of the molecule is O=c1cc2c(nn1CCN1CCN(Cc3nnc4n3CCCC4)CC1)CCCC2. The molecule has 156 valence electrons. The van der Waals surface area contributed by atoms with E-state index in [1.54, 1.807) is 4.68 Å². The zero-order valence-electron chi connectivity index (χ0n) is 17.2. The Hall–Kier alpha value is -2.06. The van der Waals surface area contributed by atoms with Gasteiger partial charge in [0.05, 0.1) is 18.8 Å². The Balaban J connectivity index is 1.13. The summed E-state index contributed by atoms with van der Waals surface area (Å²) in [5, 5.41) is 13.5. The summed E-state index contributed by atoms with van der Waals surface area (Å²) >= 11 is 0. The summed E-state index contributed by atoms with van der Waals surface area (Å²) in [5.41, 5.74) is 2.36. The summed E-state index contributed by atoms with van der Waals surface area (Å²) in [6.07, 6.45) is 7.93. The van der Waals surface area contributed by atoms with E-state index in [0.29, 0.717) is 6.54 Å². The Kier molecular flexibility index (Phi) is 5.46. The van der Waals surface area contributed by atoms with Gasteiger partial charge in [-0.1, -0.05) is 0 Å². The van der Waals surface area contributed by atoms with Crippen molar-refractivity contribution in [3.05, 3.63) is 39.3 Å². The average molecular weight is 398 g/mol. The molecule has 0 bridgehead atoms. The van der Waals surface area contributed by atoms with Gasteiger partial charge in [0.2, 0.25) is 0 Å². The molecule has 29 heavy (non-hydrogen) atoms. The van der Waals surface area contributed by atoms with Crippen LogP contribution in [-0.2, 0) is 38.9 Å². The highest BCUT2D eigenvalue weighted by Crippen LogP contribution is 2.17. The lowest BCUT2D eigenvalue weighted by Gasteiger charge is -2.34. The maximum absolute atomic E-state index is 12.4. The van der Waals surface area contributed by atoms with Gasteiger partial charge in [-0.2, -0.15) is 5.10 Å². The summed E-state index contributed by atoms with van der Waals surface area (Å²) in [4.78, 5) is 17.3. The molecule has 0 atom stereocenters. The first-order valence-electron chi connectivity index (χ1n) is 11.2. The van der Waals surface area contributed by atoms with Crippen molar-refractivity contribution in [3.8, 4) is 0 Å². The molecule has 2 aromatic rings. The van der Waals surface area contributed by atoms with Crippen molar-refractivity contribution >= 4 is 0 Å². The highest BCUT2D eigenvalue weighted by Gasteiger charge is 2.22. The van der Waals surface area contributed by atoms with Gasteiger partial charge in [0.25, 0.3) is 5.56 Å². The van der Waals surface area contributed by atoms with E-state index in [4.69, 9.17) is 0 Å². The minimum absolute atomic E-state index is 0.0564. The normalized spacial score (nSPS) is 20.4. The van der Waals surface area contributed by atoms with Crippen LogP contribution in [0.25, 0.3) is 0 Å². The Morgan fingerprint density at radius 2 is 1.62 bits per heavy atom. The van der Waals surface area contributed by atoms with E-state index < -0.39 is 0 Å². The maximum Gasteiger partial charge on any atom is 0.267 e. The summed E-state index contributed by atoms with van der Waals surface area (Å²) < 4.78 is 4.00. The van der Waals surface area contributed by atoms with E-state index in [-0.39, 0.29) is 5.56 Å². The molecule has 3 aliphatic rings. The number of nitrogens with zero attached hydrogens (tertiary/aromatic N) is 7. The number of hydrogen-bond acceptors (Lipinski definition) is 6. The van der Waals surface area contributed by atoms with E-state index in [1.165, 1.54) is 31.2 Å². The molecule has 8 heteroatoms. The fraction of sp³-hybridized carbons (Fsp3) is 0.714. The molecule has 0 aromatic carbocycles. The topological polar surface area (TPSA) is 72.1 Å². The van der Waals surface area contributed by atoms with E-state index in [1.807, 2.05) is 6.07 Å². The standard InChI is InChI=1S/C21H31N7O/c29-21-15-17-5-1-2-6-18(17)24-28(21)14-13-25-9-11-26(12-10-25)16-20-23-22-19-7-3-4-8-27(19)20/h15H,1-14,16H2. The van der Waals surface area contributed by atoms with Gasteiger partial charge in [0, 0.05) is 51.8 Å². The number of aryl methyl sites for hydroxylation is 3. The van der Waals surface area contributed by atoms with Crippen LogP contribution in [0.5, 0.6) is 0 Å². The van der Waals surface area contributed by atoms with Crippen LogP contribution in [0.4, 0.5) is 0 Å². The Bertz CT molecular complexity index is 910. The summed E-state index contributed by atoms with van der Waals surface area (Å²) in [6.45, 7) is 7.67. The number of piperazine rings is 1. The van der Waals surface area contributed by atoms with Crippen molar-refractivity contribution in [2.75, 3.05) is 32.7 Å². The third-order valence-corrected chi connectivity index (χ3v) is 6.67. The molecule has 0 unspecified atom stereocenters. The van der Waals surface area contributed by atoms with Crippen LogP contribution in [0, 0.1) is 0 Å². The predicted molar refractivity (Wildman–Crippen MR) is 110 cm³/mol. The zero-order chi connectivity index (χ0) is 19.6. The second kappa shape index (κ2) is 8.36. The highest BCUT2D eigenvalue weighted by atomic mass is 16.1. The fourth-order valence-electron chi connectivity index (χ4n) is 4.85. The van der Waals surface area contributed by atoms with Crippen LogP contribution in [-0.4, -0.2) is 67.1 Å². The quantitative estimate of drug-likeness (QED) is 0.746. The van der Waals surface area contributed by atoms with Crippen LogP contribution in [0.2, 0.25) is 0 Å². The van der Waals surface area contributed by atoms with Gasteiger partial charge in [0.15, 0.2) is 0 Å². The first kappa shape index (κ1) is 18.9. The molecule has 0 spiro atoms. The van der Waals surface area contributed by atoms with Gasteiger partial charge in [-0.25, -0.2) is 4.68 Å². The van der Waals surface area contributed by atoms with Crippen LogP contribution >= 0.6 is 0 Å². The largest absolute Gasteiger partial charge is 0.314 e. The molecule has 0 radical (unpaired) electrons. The minimum Gasteiger partial charge on any atom is -0.314 e. The van der Waals surface area contributed by atoms with E-state index >= 15 is 0 Å². The Morgan fingerprint density at radius 1 is 0.828 bits per heavy atom. The van der Waals surface area contributed by atoms with Gasteiger partial charge >= 0.3 is 0 Å². The van der Waals surface area contributed by atoms with Gasteiger partial charge < -0.3 is 4.57 Å². The van der Waals surface area contributed by atoms with Crippen molar-refractivity contribution in [2.24, 2.45) is 0 Å². The van der Waals surface area contributed by atoms with E-state index in [2.05, 4.69) is 29.7 Å². The zero-order valence-corrected chi connectivity index (χ0v) is 17.2. The lowest BCUT2D eigenvalue weighted by atomic mass is 9.97. The van der Waals surface area contributed by atoms with Gasteiger partial charge in [-0.15, -0.1) is 10.2 Å². The molecule has 8 nitrogen and oxygen atoms in total. The lowest BCUT2D eigenvalue weighted by molar-refractivity contribution is 0.119. The monoisotopic (exact) mass is 397 g/mol. The van der Waals surface area contributed by atoms with Gasteiger partial charge in [-0.3, -0.25) is 14.6 Å². The number of fused-ring (bicyclic) bond motifs is 2. The first-order chi connectivity index (χ1) is 14.3. The summed E-state index contributed by atoms with van der Waals surface area (Å²) in [5.74, 6) is 2.28. The number of hydrogen-bond donors (Lipinski definition) is 0. The van der Waals surface area contributed by atoms with Crippen molar-refractivity contribution in [2.45, 2.75) is 64.6 Å². The Labute approximate surface area is 171 Å². The molecular formula is C21H31N7O. The fourth-order valence-corrected chi connectivity index (χ4v) is 4.85. The Morgan fingerprint density at radius 3 is 2.52 bits per heavy atom. The van der Waals surface area contributed by atoms with Crippen molar-refractivity contribution in [1.82, 2.24) is 34.3 Å². The van der Waals surface area contributed by atoms with Crippen LogP contribution in [0.3, 0.4) is 0 Å². The molecular weight excluding hydrogens is 366 g/mol. The second-order valence-electron chi connectivity index (χ2n) is 8.64. The minimum atomic E-state index is 0.0564. The maximum atomic E-state index is 12.4. The van der Waals surface area contributed by atoms with Crippen LogP contribution in [0.15, 0.2) is 10.9 Å². The average Bonchev–Trinajstić information content (AvgIpc) is 3.16. The molecule has 0 saturated carbocycles. The molecule has 5 rings (SSSR count). The number of rotatable bonds is 5. The third kappa shape index (κ3) is 4.14. The molecule has 2 aromatic heterocycles. The molecule has 0 N–H and O–H groups in total. The third-order valence-electron chi connectivity index (χ3n) is 6.67. The smallest absolute Gasteiger partial charge is 0.267 e. The lowest BCUT2D eigenvalue weighted by Crippen LogP contribution is -2.47. The highest BCUT2D eigenvalue weighted by molar-refractivity contribution is 5.20.